The number of para-hydroxylation sites is 1. The maximum Gasteiger partial charge on any atom is 0.338 e. The highest BCUT2D eigenvalue weighted by Crippen LogP contribution is 2.27. The minimum absolute atomic E-state index is 0.181. The molecule has 2 aromatic heterocycles. The van der Waals surface area contributed by atoms with Crippen molar-refractivity contribution in [2.45, 2.75) is 33.0 Å². The van der Waals surface area contributed by atoms with Gasteiger partial charge >= 0.3 is 5.97 Å². The Labute approximate surface area is 206 Å². The third-order valence-electron chi connectivity index (χ3n) is 5.25. The number of nitrogens with one attached hydrogen (secondary N) is 1. The molecular formula is C26H25N3O7. The molecule has 4 aromatic rings. The number of anilines is 1. The minimum Gasteiger partial charge on any atom is -0.495 e. The molecule has 1 amide bonds. The molecule has 0 fully saturated rings. The third-order valence-corrected chi connectivity index (χ3v) is 5.25. The van der Waals surface area contributed by atoms with Crippen LogP contribution in [0.3, 0.4) is 0 Å². The van der Waals surface area contributed by atoms with E-state index in [1.807, 2.05) is 25.1 Å². The highest BCUT2D eigenvalue weighted by atomic mass is 16.5. The monoisotopic (exact) mass is 491 g/mol. The lowest BCUT2D eigenvalue weighted by atomic mass is 10.1. The summed E-state index contributed by atoms with van der Waals surface area (Å²) in [6, 6.07) is 16.4. The number of amides is 1. The highest BCUT2D eigenvalue weighted by Gasteiger charge is 2.21. The van der Waals surface area contributed by atoms with Gasteiger partial charge in [0.05, 0.1) is 24.1 Å². The number of carbonyl (C=O) groups excluding carboxylic acids is 2. The molecule has 1 atom stereocenters. The van der Waals surface area contributed by atoms with Crippen molar-refractivity contribution in [3.63, 3.8) is 0 Å². The molecule has 36 heavy (non-hydrogen) atoms. The van der Waals surface area contributed by atoms with Gasteiger partial charge in [0.15, 0.2) is 11.8 Å². The molecule has 0 saturated carbocycles. The first-order valence-electron chi connectivity index (χ1n) is 11.2. The summed E-state index contributed by atoms with van der Waals surface area (Å²) in [5, 5.41) is 2.77. The van der Waals surface area contributed by atoms with E-state index in [0.29, 0.717) is 35.0 Å². The summed E-state index contributed by atoms with van der Waals surface area (Å²) in [6.07, 6.45) is -0.322. The molecule has 10 heteroatoms. The number of fused-ring (bicyclic) bond motifs is 1. The van der Waals surface area contributed by atoms with E-state index < -0.39 is 23.5 Å². The molecule has 2 aromatic carbocycles. The summed E-state index contributed by atoms with van der Waals surface area (Å²) in [5.74, 6) is 0.413. The average molecular weight is 492 g/mol. The van der Waals surface area contributed by atoms with E-state index in [1.165, 1.54) is 25.3 Å². The second-order valence-electron chi connectivity index (χ2n) is 7.89. The fourth-order valence-corrected chi connectivity index (χ4v) is 3.50. The van der Waals surface area contributed by atoms with Gasteiger partial charge in [0, 0.05) is 12.1 Å². The van der Waals surface area contributed by atoms with E-state index in [-0.39, 0.29) is 17.9 Å². The molecule has 0 spiro atoms. The van der Waals surface area contributed by atoms with Crippen LogP contribution < -0.4 is 20.3 Å². The first-order chi connectivity index (χ1) is 17.4. The van der Waals surface area contributed by atoms with Crippen LogP contribution in [-0.2, 0) is 16.1 Å². The van der Waals surface area contributed by atoms with Crippen LogP contribution in [0.5, 0.6) is 11.5 Å². The largest absolute Gasteiger partial charge is 0.495 e. The lowest BCUT2D eigenvalue weighted by Gasteiger charge is -2.18. The summed E-state index contributed by atoms with van der Waals surface area (Å²) in [4.78, 5) is 42.0. The summed E-state index contributed by atoms with van der Waals surface area (Å²) in [7, 11) is 1.46. The number of esters is 1. The fourth-order valence-electron chi connectivity index (χ4n) is 3.50. The molecule has 0 aliphatic rings. The number of nitrogens with zero attached hydrogens (tertiary/aromatic N) is 2. The summed E-state index contributed by atoms with van der Waals surface area (Å²) >= 11 is 0. The van der Waals surface area contributed by atoms with Gasteiger partial charge in [-0.3, -0.25) is 9.59 Å². The van der Waals surface area contributed by atoms with Gasteiger partial charge in [0.25, 0.3) is 11.5 Å². The van der Waals surface area contributed by atoms with Crippen molar-refractivity contribution in [1.82, 2.24) is 9.56 Å². The number of methoxy groups -OCH3 is 1. The first kappa shape index (κ1) is 24.5. The van der Waals surface area contributed by atoms with Crippen molar-refractivity contribution in [3.05, 3.63) is 88.0 Å². The maximum atomic E-state index is 12.9. The topological polar surface area (TPSA) is 121 Å². The Morgan fingerprint density at radius 1 is 1.11 bits per heavy atom. The van der Waals surface area contributed by atoms with Crippen LogP contribution in [0, 0.1) is 6.92 Å². The van der Waals surface area contributed by atoms with E-state index in [0.717, 1.165) is 4.57 Å². The summed E-state index contributed by atoms with van der Waals surface area (Å²) in [5.41, 5.74) is 0.652. The van der Waals surface area contributed by atoms with Gasteiger partial charge < -0.3 is 24.1 Å². The molecule has 0 aliphatic heterocycles. The zero-order valence-electron chi connectivity index (χ0n) is 20.0. The minimum atomic E-state index is -0.751. The lowest BCUT2D eigenvalue weighted by Crippen LogP contribution is -2.32. The van der Waals surface area contributed by atoms with Crippen molar-refractivity contribution in [2.75, 3.05) is 12.4 Å². The van der Waals surface area contributed by atoms with Crippen LogP contribution in [0.15, 0.2) is 70.0 Å². The second-order valence-corrected chi connectivity index (χ2v) is 7.89. The zero-order chi connectivity index (χ0) is 25.7. The predicted octanol–water partition coefficient (Wildman–Crippen LogP) is 3.76. The number of carbonyl (C=O) groups is 2. The van der Waals surface area contributed by atoms with Gasteiger partial charge in [0.1, 0.15) is 23.9 Å². The van der Waals surface area contributed by atoms with Crippen LogP contribution in [0.4, 0.5) is 5.69 Å². The molecular weight excluding hydrogens is 466 g/mol. The number of hydrogen-bond donors (Lipinski definition) is 1. The molecule has 10 nitrogen and oxygen atoms in total. The highest BCUT2D eigenvalue weighted by molar-refractivity contribution is 5.98. The van der Waals surface area contributed by atoms with Crippen molar-refractivity contribution in [2.24, 2.45) is 0 Å². The van der Waals surface area contributed by atoms with E-state index >= 15 is 0 Å². The number of aryl methyl sites for hydroxylation is 1. The first-order valence-corrected chi connectivity index (χ1v) is 11.2. The third kappa shape index (κ3) is 5.54. The van der Waals surface area contributed by atoms with Crippen LogP contribution in [0.25, 0.3) is 5.65 Å². The van der Waals surface area contributed by atoms with Crippen LogP contribution in [-0.4, -0.2) is 34.6 Å². The molecule has 0 radical (unpaired) electrons. The normalized spacial score (nSPS) is 11.6. The number of aromatic nitrogens is 2. The van der Waals surface area contributed by atoms with E-state index in [9.17, 15) is 14.4 Å². The quantitative estimate of drug-likeness (QED) is 0.351. The molecule has 0 saturated heterocycles. The van der Waals surface area contributed by atoms with Crippen molar-refractivity contribution >= 4 is 23.2 Å². The van der Waals surface area contributed by atoms with Gasteiger partial charge in [-0.1, -0.05) is 25.1 Å². The number of rotatable bonds is 9. The van der Waals surface area contributed by atoms with Crippen molar-refractivity contribution in [3.8, 4) is 11.5 Å². The number of hydrogen-bond acceptors (Lipinski definition) is 8. The Balaban J connectivity index is 1.46. The van der Waals surface area contributed by atoms with Crippen LogP contribution in [0.2, 0.25) is 0 Å². The Bertz CT molecular complexity index is 1440. The van der Waals surface area contributed by atoms with Crippen LogP contribution in [0.1, 0.15) is 35.2 Å². The zero-order valence-corrected chi connectivity index (χ0v) is 20.0. The lowest BCUT2D eigenvalue weighted by molar-refractivity contribution is -0.122. The maximum absolute atomic E-state index is 12.9. The fraction of sp³-hybridized carbons (Fsp3) is 0.231. The second kappa shape index (κ2) is 10.8. The van der Waals surface area contributed by atoms with Gasteiger partial charge in [-0.05, 0) is 43.7 Å². The molecule has 0 aliphatic carbocycles. The van der Waals surface area contributed by atoms with Crippen LogP contribution >= 0.6 is 0 Å². The Morgan fingerprint density at radius 3 is 2.61 bits per heavy atom. The van der Waals surface area contributed by atoms with Crippen molar-refractivity contribution in [1.29, 1.82) is 0 Å². The van der Waals surface area contributed by atoms with E-state index in [2.05, 4.69) is 10.3 Å². The molecule has 1 unspecified atom stereocenters. The van der Waals surface area contributed by atoms with Gasteiger partial charge in [-0.25, -0.2) is 9.78 Å². The molecule has 0 bridgehead atoms. The smallest absolute Gasteiger partial charge is 0.338 e. The van der Waals surface area contributed by atoms with E-state index in [1.54, 1.807) is 31.2 Å². The van der Waals surface area contributed by atoms with Gasteiger partial charge in [-0.15, -0.1) is 4.57 Å². The number of ether oxygens (including phenoxy) is 3. The van der Waals surface area contributed by atoms with E-state index in [4.69, 9.17) is 18.7 Å². The number of benzene rings is 2. The Hall–Kier alpha value is -4.60. The molecule has 1 N–H and O–H groups in total. The van der Waals surface area contributed by atoms with Crippen molar-refractivity contribution < 1.29 is 28.3 Å². The molecule has 186 valence electrons. The molecule has 4 rings (SSSR count). The molecule has 2 heterocycles. The summed E-state index contributed by atoms with van der Waals surface area (Å²) < 4.78 is 22.8. The average Bonchev–Trinajstić information content (AvgIpc) is 3.27. The standard InChI is InChI=1S/C26H25N3O7/c1-4-21(35-19-8-6-5-7-9-19)25(31)28-20-13-17(10-11-22(20)33-3)26(32)34-15-18-14-24(30)29-23(27-18)12-16(2)36-29/h5-14,21H,4,15H2,1-3H3,(H,28,31). The Kier molecular flexibility index (Phi) is 7.33. The van der Waals surface area contributed by atoms with Gasteiger partial charge in [0.2, 0.25) is 0 Å². The Morgan fingerprint density at radius 2 is 1.89 bits per heavy atom. The predicted molar refractivity (Wildman–Crippen MR) is 130 cm³/mol. The SMILES string of the molecule is CCC(Oc1ccccc1)C(=O)Nc1cc(C(=O)OCc2cc(=O)n3oc(C)cc3n2)ccc1OC. The van der Waals surface area contributed by atoms with Gasteiger partial charge in [-0.2, -0.15) is 0 Å². The summed E-state index contributed by atoms with van der Waals surface area (Å²) in [6.45, 7) is 3.32.